The van der Waals surface area contributed by atoms with Crippen LogP contribution >= 0.6 is 15.9 Å². The van der Waals surface area contributed by atoms with Gasteiger partial charge in [-0.15, -0.1) is 0 Å². The van der Waals surface area contributed by atoms with Crippen LogP contribution in [0.3, 0.4) is 0 Å². The van der Waals surface area contributed by atoms with Crippen molar-refractivity contribution in [1.82, 2.24) is 19.7 Å². The highest BCUT2D eigenvalue weighted by atomic mass is 79.9. The second-order valence-electron chi connectivity index (χ2n) is 2.87. The molecule has 0 saturated carbocycles. The lowest BCUT2D eigenvalue weighted by atomic mass is 10.6. The van der Waals surface area contributed by atoms with Crippen LogP contribution in [0.2, 0.25) is 0 Å². The van der Waals surface area contributed by atoms with Gasteiger partial charge in [0, 0.05) is 25.0 Å². The summed E-state index contributed by atoms with van der Waals surface area (Å²) < 4.78 is 2.61. The number of hydrogen-bond donors (Lipinski definition) is 1. The Morgan fingerprint density at radius 3 is 3.07 bits per heavy atom. The van der Waals surface area contributed by atoms with Gasteiger partial charge in [0.15, 0.2) is 5.82 Å². The van der Waals surface area contributed by atoms with Crippen molar-refractivity contribution in [3.05, 3.63) is 29.1 Å². The van der Waals surface area contributed by atoms with Gasteiger partial charge in [-0.05, 0) is 22.9 Å². The molecule has 0 aliphatic rings. The van der Waals surface area contributed by atoms with E-state index in [2.05, 4.69) is 36.3 Å². The summed E-state index contributed by atoms with van der Waals surface area (Å²) in [5.74, 6) is 1.35. The Morgan fingerprint density at radius 1 is 1.53 bits per heavy atom. The zero-order valence-corrected chi connectivity index (χ0v) is 9.77. The molecule has 2 rings (SSSR count). The molecule has 0 fully saturated rings. The molecule has 0 radical (unpaired) electrons. The third-order valence-corrected chi connectivity index (χ3v) is 2.17. The predicted molar refractivity (Wildman–Crippen MR) is 61.0 cm³/mol. The lowest BCUT2D eigenvalue weighted by Crippen LogP contribution is -2.05. The molecule has 15 heavy (non-hydrogen) atoms. The van der Waals surface area contributed by atoms with Crippen molar-refractivity contribution in [3.63, 3.8) is 0 Å². The first-order valence-electron chi connectivity index (χ1n) is 4.57. The highest BCUT2D eigenvalue weighted by Crippen LogP contribution is 2.11. The largest absolute Gasteiger partial charge is 0.354 e. The molecular weight excluding hydrogens is 258 g/mol. The van der Waals surface area contributed by atoms with Crippen molar-refractivity contribution < 1.29 is 0 Å². The minimum absolute atomic E-state index is 0.613. The lowest BCUT2D eigenvalue weighted by Gasteiger charge is -2.03. The predicted octanol–water partition coefficient (Wildman–Crippen LogP) is 1.86. The molecule has 0 aromatic carbocycles. The molecule has 2 aromatic heterocycles. The Bertz CT molecular complexity index is 453. The monoisotopic (exact) mass is 267 g/mol. The molecule has 0 unspecified atom stereocenters. The lowest BCUT2D eigenvalue weighted by molar-refractivity contribution is 0.839. The van der Waals surface area contributed by atoms with E-state index in [9.17, 15) is 0 Å². The van der Waals surface area contributed by atoms with Crippen LogP contribution < -0.4 is 5.32 Å². The van der Waals surface area contributed by atoms with Gasteiger partial charge in [0.05, 0.1) is 10.7 Å². The topological polar surface area (TPSA) is 55.6 Å². The van der Waals surface area contributed by atoms with E-state index in [1.165, 1.54) is 0 Å². The molecule has 0 spiro atoms. The fraction of sp³-hybridized carbons (Fsp3) is 0.222. The van der Waals surface area contributed by atoms with Crippen LogP contribution in [0.15, 0.2) is 29.1 Å². The van der Waals surface area contributed by atoms with Crippen molar-refractivity contribution in [2.24, 2.45) is 0 Å². The molecule has 2 aromatic rings. The minimum atomic E-state index is 0.613. The Hall–Kier alpha value is -1.43. The van der Waals surface area contributed by atoms with Crippen molar-refractivity contribution in [2.45, 2.75) is 6.92 Å². The van der Waals surface area contributed by atoms with Gasteiger partial charge in [0.1, 0.15) is 0 Å². The maximum atomic E-state index is 4.30. The highest BCUT2D eigenvalue weighted by Gasteiger charge is 2.01. The summed E-state index contributed by atoms with van der Waals surface area (Å²) in [5, 5.41) is 7.19. The standard InChI is InChI=1S/C9H10BrN5/c1-2-11-9-12-4-3-8(14-9)15-6-7(10)5-13-15/h3-6H,2H2,1H3,(H,11,12,14). The Balaban J connectivity index is 2.32. The molecule has 6 heteroatoms. The molecule has 78 valence electrons. The van der Waals surface area contributed by atoms with Crippen molar-refractivity contribution in [2.75, 3.05) is 11.9 Å². The van der Waals surface area contributed by atoms with Gasteiger partial charge >= 0.3 is 0 Å². The van der Waals surface area contributed by atoms with Gasteiger partial charge in [-0.1, -0.05) is 0 Å². The van der Waals surface area contributed by atoms with Crippen molar-refractivity contribution in [1.29, 1.82) is 0 Å². The van der Waals surface area contributed by atoms with Gasteiger partial charge in [0.2, 0.25) is 5.95 Å². The molecule has 2 heterocycles. The summed E-state index contributed by atoms with van der Waals surface area (Å²) in [6, 6.07) is 1.81. The van der Waals surface area contributed by atoms with Crippen molar-refractivity contribution >= 4 is 21.9 Å². The van der Waals surface area contributed by atoms with Crippen LogP contribution in [0, 0.1) is 0 Å². The number of nitrogens with one attached hydrogen (secondary N) is 1. The maximum absolute atomic E-state index is 4.30. The van der Waals surface area contributed by atoms with Crippen LogP contribution in [-0.4, -0.2) is 26.3 Å². The summed E-state index contributed by atoms with van der Waals surface area (Å²) in [6.45, 7) is 2.80. The van der Waals surface area contributed by atoms with Gasteiger partial charge in [-0.2, -0.15) is 10.1 Å². The number of hydrogen-bond acceptors (Lipinski definition) is 4. The number of nitrogens with zero attached hydrogens (tertiary/aromatic N) is 4. The van der Waals surface area contributed by atoms with Gasteiger partial charge in [-0.25, -0.2) is 9.67 Å². The first kappa shape index (κ1) is 10.1. The average molecular weight is 268 g/mol. The second-order valence-corrected chi connectivity index (χ2v) is 3.79. The summed E-state index contributed by atoms with van der Waals surface area (Å²) in [4.78, 5) is 8.39. The van der Waals surface area contributed by atoms with E-state index in [1.54, 1.807) is 23.1 Å². The fourth-order valence-corrected chi connectivity index (χ4v) is 1.43. The molecule has 0 amide bonds. The normalized spacial score (nSPS) is 10.3. The number of anilines is 1. The summed E-state index contributed by atoms with van der Waals surface area (Å²) in [6.07, 6.45) is 5.27. The molecule has 0 saturated heterocycles. The Morgan fingerprint density at radius 2 is 2.40 bits per heavy atom. The molecule has 5 nitrogen and oxygen atoms in total. The van der Waals surface area contributed by atoms with E-state index in [0.29, 0.717) is 5.95 Å². The van der Waals surface area contributed by atoms with E-state index < -0.39 is 0 Å². The Labute approximate surface area is 95.7 Å². The van der Waals surface area contributed by atoms with Gasteiger partial charge in [0.25, 0.3) is 0 Å². The number of aromatic nitrogens is 4. The fourth-order valence-electron chi connectivity index (χ4n) is 1.15. The molecule has 0 atom stereocenters. The van der Waals surface area contributed by atoms with E-state index in [0.717, 1.165) is 16.8 Å². The molecular formula is C9H10BrN5. The van der Waals surface area contributed by atoms with E-state index in [-0.39, 0.29) is 0 Å². The molecule has 1 N–H and O–H groups in total. The van der Waals surface area contributed by atoms with Gasteiger partial charge in [-0.3, -0.25) is 0 Å². The number of halogens is 1. The van der Waals surface area contributed by atoms with E-state index in [4.69, 9.17) is 0 Å². The zero-order chi connectivity index (χ0) is 10.7. The zero-order valence-electron chi connectivity index (χ0n) is 8.18. The Kier molecular flexibility index (Phi) is 2.96. The molecule has 0 aliphatic heterocycles. The molecule has 0 aliphatic carbocycles. The first-order chi connectivity index (χ1) is 7.29. The van der Waals surface area contributed by atoms with E-state index in [1.807, 2.05) is 13.1 Å². The van der Waals surface area contributed by atoms with Crippen LogP contribution in [0.5, 0.6) is 0 Å². The molecule has 0 bridgehead atoms. The van der Waals surface area contributed by atoms with Crippen LogP contribution in [0.25, 0.3) is 5.82 Å². The van der Waals surface area contributed by atoms with Crippen LogP contribution in [-0.2, 0) is 0 Å². The van der Waals surface area contributed by atoms with Gasteiger partial charge < -0.3 is 5.32 Å². The van der Waals surface area contributed by atoms with Crippen LogP contribution in [0.4, 0.5) is 5.95 Å². The summed E-state index contributed by atoms with van der Waals surface area (Å²) in [5.41, 5.74) is 0. The SMILES string of the molecule is CCNc1nccc(-n2cc(Br)cn2)n1. The second kappa shape index (κ2) is 4.39. The minimum Gasteiger partial charge on any atom is -0.354 e. The summed E-state index contributed by atoms with van der Waals surface area (Å²) in [7, 11) is 0. The van der Waals surface area contributed by atoms with E-state index >= 15 is 0 Å². The highest BCUT2D eigenvalue weighted by molar-refractivity contribution is 9.10. The third kappa shape index (κ3) is 2.33. The third-order valence-electron chi connectivity index (χ3n) is 1.76. The smallest absolute Gasteiger partial charge is 0.224 e. The first-order valence-corrected chi connectivity index (χ1v) is 5.36. The maximum Gasteiger partial charge on any atom is 0.224 e. The van der Waals surface area contributed by atoms with Crippen molar-refractivity contribution in [3.8, 4) is 5.82 Å². The average Bonchev–Trinajstić information content (AvgIpc) is 2.66. The van der Waals surface area contributed by atoms with Crippen LogP contribution in [0.1, 0.15) is 6.92 Å². The summed E-state index contributed by atoms with van der Waals surface area (Å²) >= 11 is 3.34. The number of rotatable bonds is 3. The quantitative estimate of drug-likeness (QED) is 0.923.